The van der Waals surface area contributed by atoms with Gasteiger partial charge in [-0.25, -0.2) is 0 Å². The standard InChI is InChI=1S/C12H12N.2CH3.Al/c1-13(2)12-9-5-7-10-6-3-4-8-11(10)12;;;/h3-4,6-9H,1-2H3;2*1H3;/q3*-1;+3. The number of hydrogen-bond acceptors (Lipinski definition) is 1. The Morgan fingerprint density at radius 1 is 1.00 bits per heavy atom. The van der Waals surface area contributed by atoms with Crippen LogP contribution in [0.1, 0.15) is 0 Å². The molecule has 0 atom stereocenters. The van der Waals surface area contributed by atoms with Crippen LogP contribution in [-0.4, -0.2) is 31.5 Å². The molecule has 0 fully saturated rings. The van der Waals surface area contributed by atoms with Crippen LogP contribution in [0, 0.1) is 20.9 Å². The maximum absolute atomic E-state index is 3.14. The zero-order chi connectivity index (χ0) is 9.26. The van der Waals surface area contributed by atoms with Crippen LogP contribution in [0.4, 0.5) is 5.69 Å². The summed E-state index contributed by atoms with van der Waals surface area (Å²) < 4.78 is 0. The number of nitrogens with zero attached hydrogens (tertiary/aromatic N) is 1. The van der Waals surface area contributed by atoms with Crippen molar-refractivity contribution in [3.8, 4) is 0 Å². The average Bonchev–Trinajstić information content (AvgIpc) is 2.17. The Labute approximate surface area is 110 Å². The van der Waals surface area contributed by atoms with Gasteiger partial charge in [0.05, 0.1) is 0 Å². The minimum Gasteiger partial charge on any atom is -0.428 e. The van der Waals surface area contributed by atoms with E-state index in [1.165, 1.54) is 16.5 Å². The van der Waals surface area contributed by atoms with Crippen molar-refractivity contribution in [1.82, 2.24) is 0 Å². The van der Waals surface area contributed by atoms with Gasteiger partial charge in [-0.05, 0) is 14.1 Å². The molecule has 0 spiro atoms. The van der Waals surface area contributed by atoms with E-state index < -0.39 is 0 Å². The van der Waals surface area contributed by atoms with E-state index in [1.807, 2.05) is 12.1 Å². The third-order valence-electron chi connectivity index (χ3n) is 2.18. The second-order valence-electron chi connectivity index (χ2n) is 3.32. The van der Waals surface area contributed by atoms with Crippen molar-refractivity contribution in [2.24, 2.45) is 0 Å². The molecule has 2 aromatic carbocycles. The summed E-state index contributed by atoms with van der Waals surface area (Å²) in [7, 11) is 4.10. The monoisotopic (exact) mass is 227 g/mol. The molecule has 16 heavy (non-hydrogen) atoms. The summed E-state index contributed by atoms with van der Waals surface area (Å²) in [5.41, 5.74) is 1.22. The first-order valence-corrected chi connectivity index (χ1v) is 4.35. The van der Waals surface area contributed by atoms with Crippen LogP contribution < -0.4 is 4.90 Å². The molecule has 0 unspecified atom stereocenters. The second kappa shape index (κ2) is 7.33. The smallest absolute Gasteiger partial charge is 0.428 e. The molecule has 1 nitrogen and oxygen atoms in total. The Morgan fingerprint density at radius 2 is 1.62 bits per heavy atom. The Kier molecular flexibility index (Phi) is 7.98. The van der Waals surface area contributed by atoms with Crippen molar-refractivity contribution in [3.05, 3.63) is 57.3 Å². The summed E-state index contributed by atoms with van der Waals surface area (Å²) in [4.78, 5) is 2.11. The molecule has 0 heterocycles. The Balaban J connectivity index is 0. The summed E-state index contributed by atoms with van der Waals surface area (Å²) in [5.74, 6) is 0. The molecule has 2 aromatic rings. The number of rotatable bonds is 1. The van der Waals surface area contributed by atoms with Gasteiger partial charge in [0, 0.05) is 0 Å². The minimum atomic E-state index is 0. The van der Waals surface area contributed by atoms with Crippen LogP contribution >= 0.6 is 0 Å². The maximum Gasteiger partial charge on any atom is 3.00 e. The van der Waals surface area contributed by atoms with Gasteiger partial charge in [-0.15, -0.1) is 16.8 Å². The third kappa shape index (κ3) is 3.27. The SMILES string of the molecule is CN(C)c1c[c-]cc2ccccc12.[Al+3].[CH3-].[CH3-]. The van der Waals surface area contributed by atoms with Gasteiger partial charge in [0.1, 0.15) is 0 Å². The molecule has 0 aliphatic heterocycles. The van der Waals surface area contributed by atoms with Gasteiger partial charge in [-0.2, -0.15) is 18.2 Å². The van der Waals surface area contributed by atoms with Gasteiger partial charge in [-0.3, -0.25) is 0 Å². The van der Waals surface area contributed by atoms with E-state index in [9.17, 15) is 0 Å². The predicted molar refractivity (Wildman–Crippen MR) is 75.7 cm³/mol. The Bertz CT molecular complexity index is 419. The predicted octanol–water partition coefficient (Wildman–Crippen LogP) is 3.23. The Hall–Kier alpha value is -0.968. The molecule has 0 N–H and O–H groups in total. The third-order valence-corrected chi connectivity index (χ3v) is 2.18. The molecule has 0 bridgehead atoms. The van der Waals surface area contributed by atoms with E-state index in [4.69, 9.17) is 0 Å². The molecule has 2 heteroatoms. The van der Waals surface area contributed by atoms with Crippen molar-refractivity contribution < 1.29 is 0 Å². The van der Waals surface area contributed by atoms with Gasteiger partial charge in [0.15, 0.2) is 0 Å². The van der Waals surface area contributed by atoms with E-state index in [1.54, 1.807) is 0 Å². The molecule has 0 amide bonds. The molecule has 0 saturated heterocycles. The quantitative estimate of drug-likeness (QED) is 0.534. The Morgan fingerprint density at radius 3 is 2.25 bits per heavy atom. The first kappa shape index (κ1) is 17.4. The van der Waals surface area contributed by atoms with Gasteiger partial charge in [0.2, 0.25) is 0 Å². The van der Waals surface area contributed by atoms with Crippen molar-refractivity contribution in [3.63, 3.8) is 0 Å². The summed E-state index contributed by atoms with van der Waals surface area (Å²) >= 11 is 0. The normalized spacial score (nSPS) is 8.38. The topological polar surface area (TPSA) is 3.24 Å². The van der Waals surface area contributed by atoms with Crippen molar-refractivity contribution in [1.29, 1.82) is 0 Å². The van der Waals surface area contributed by atoms with E-state index in [2.05, 4.69) is 49.3 Å². The minimum absolute atomic E-state index is 0. The zero-order valence-electron chi connectivity index (χ0n) is 10.5. The summed E-state index contributed by atoms with van der Waals surface area (Å²) in [6, 6.07) is 15.5. The van der Waals surface area contributed by atoms with Gasteiger partial charge in [0.25, 0.3) is 0 Å². The van der Waals surface area contributed by atoms with Crippen LogP contribution in [0.15, 0.2) is 36.4 Å². The molecule has 82 valence electrons. The van der Waals surface area contributed by atoms with Crippen LogP contribution in [0.2, 0.25) is 0 Å². The number of fused-ring (bicyclic) bond motifs is 1. The van der Waals surface area contributed by atoms with Crippen LogP contribution in [0.25, 0.3) is 10.8 Å². The van der Waals surface area contributed by atoms with Gasteiger partial charge in [-0.1, -0.05) is 23.9 Å². The second-order valence-corrected chi connectivity index (χ2v) is 3.32. The fraction of sp³-hybridized carbons (Fsp3) is 0.143. The average molecular weight is 227 g/mol. The van der Waals surface area contributed by atoms with Crippen molar-refractivity contribution >= 4 is 33.8 Å². The largest absolute Gasteiger partial charge is 3.00 e. The molecule has 0 aliphatic rings. The molecule has 0 aliphatic carbocycles. The fourth-order valence-electron chi connectivity index (χ4n) is 1.51. The zero-order valence-corrected chi connectivity index (χ0v) is 11.6. The van der Waals surface area contributed by atoms with E-state index >= 15 is 0 Å². The molecular formula is C14H18AlN. The summed E-state index contributed by atoms with van der Waals surface area (Å²) in [5, 5.41) is 2.53. The molecule has 0 aromatic heterocycles. The van der Waals surface area contributed by atoms with Gasteiger partial charge < -0.3 is 19.8 Å². The first-order chi connectivity index (χ1) is 6.29. The van der Waals surface area contributed by atoms with E-state index in [0.29, 0.717) is 0 Å². The molecule has 0 saturated carbocycles. The van der Waals surface area contributed by atoms with Crippen LogP contribution in [0.3, 0.4) is 0 Å². The summed E-state index contributed by atoms with van der Waals surface area (Å²) in [6.45, 7) is 0. The maximum atomic E-state index is 3.14. The van der Waals surface area contributed by atoms with Crippen LogP contribution in [-0.2, 0) is 0 Å². The molecular weight excluding hydrogens is 209 g/mol. The van der Waals surface area contributed by atoms with Crippen molar-refractivity contribution in [2.75, 3.05) is 19.0 Å². The number of anilines is 1. The van der Waals surface area contributed by atoms with Crippen LogP contribution in [0.5, 0.6) is 0 Å². The van der Waals surface area contributed by atoms with Gasteiger partial charge >= 0.3 is 17.4 Å². The summed E-state index contributed by atoms with van der Waals surface area (Å²) in [6.07, 6.45) is 0. The molecule has 0 radical (unpaired) electrons. The first-order valence-electron chi connectivity index (χ1n) is 4.35. The van der Waals surface area contributed by atoms with E-state index in [-0.39, 0.29) is 32.2 Å². The fourth-order valence-corrected chi connectivity index (χ4v) is 1.51. The van der Waals surface area contributed by atoms with E-state index in [0.717, 1.165) is 0 Å². The van der Waals surface area contributed by atoms with Crippen molar-refractivity contribution in [2.45, 2.75) is 0 Å². The molecule has 2 rings (SSSR count). The number of benzene rings is 2. The number of hydrogen-bond donors (Lipinski definition) is 0.